The van der Waals surface area contributed by atoms with Crippen molar-refractivity contribution < 1.29 is 8.78 Å². The fourth-order valence-electron chi connectivity index (χ4n) is 1.78. The van der Waals surface area contributed by atoms with E-state index >= 15 is 0 Å². The number of hydrogen-bond acceptors (Lipinski definition) is 3. The van der Waals surface area contributed by atoms with E-state index in [1.165, 1.54) is 6.07 Å². The SMILES string of the molecule is CNCc1c(C)nc(-c2ccc(F)c(F)c2)[nH]c1=O. The van der Waals surface area contributed by atoms with E-state index in [9.17, 15) is 13.6 Å². The summed E-state index contributed by atoms with van der Waals surface area (Å²) in [6.07, 6.45) is 0. The molecule has 2 aromatic rings. The van der Waals surface area contributed by atoms with E-state index in [2.05, 4.69) is 15.3 Å². The molecule has 0 radical (unpaired) electrons. The van der Waals surface area contributed by atoms with E-state index < -0.39 is 11.6 Å². The third kappa shape index (κ3) is 2.68. The van der Waals surface area contributed by atoms with Crippen LogP contribution in [-0.2, 0) is 6.54 Å². The van der Waals surface area contributed by atoms with Gasteiger partial charge in [-0.3, -0.25) is 4.79 Å². The van der Waals surface area contributed by atoms with Crippen molar-refractivity contribution in [2.24, 2.45) is 0 Å². The van der Waals surface area contributed by atoms with E-state index in [0.717, 1.165) is 12.1 Å². The zero-order valence-electron chi connectivity index (χ0n) is 10.6. The molecule has 2 N–H and O–H groups in total. The first-order valence-electron chi connectivity index (χ1n) is 5.72. The maximum absolute atomic E-state index is 13.2. The number of nitrogens with zero attached hydrogens (tertiary/aromatic N) is 1. The van der Waals surface area contributed by atoms with Crippen molar-refractivity contribution >= 4 is 0 Å². The largest absolute Gasteiger partial charge is 0.315 e. The van der Waals surface area contributed by atoms with Gasteiger partial charge in [-0.2, -0.15) is 0 Å². The third-order valence-electron chi connectivity index (χ3n) is 2.77. The van der Waals surface area contributed by atoms with Gasteiger partial charge in [-0.05, 0) is 32.2 Å². The molecule has 1 aromatic carbocycles. The average molecular weight is 265 g/mol. The molecule has 1 aromatic heterocycles. The highest BCUT2D eigenvalue weighted by Crippen LogP contribution is 2.17. The van der Waals surface area contributed by atoms with Crippen LogP contribution in [0, 0.1) is 18.6 Å². The van der Waals surface area contributed by atoms with Crippen LogP contribution in [0.15, 0.2) is 23.0 Å². The number of rotatable bonds is 3. The molecular formula is C13H13F2N3O. The Hall–Kier alpha value is -2.08. The Labute approximate surface area is 108 Å². The molecule has 0 aliphatic heterocycles. The molecule has 1 heterocycles. The Morgan fingerprint density at radius 2 is 2.05 bits per heavy atom. The minimum absolute atomic E-state index is 0.223. The topological polar surface area (TPSA) is 57.8 Å². The van der Waals surface area contributed by atoms with Gasteiger partial charge in [0.1, 0.15) is 5.82 Å². The monoisotopic (exact) mass is 265 g/mol. The highest BCUT2D eigenvalue weighted by molar-refractivity contribution is 5.55. The molecule has 0 spiro atoms. The number of halogens is 2. The fraction of sp³-hybridized carbons (Fsp3) is 0.231. The molecule has 0 saturated heterocycles. The minimum Gasteiger partial charge on any atom is -0.315 e. The van der Waals surface area contributed by atoms with Crippen molar-refractivity contribution in [3.63, 3.8) is 0 Å². The standard InChI is InChI=1S/C13H13F2N3O/c1-7-9(6-16-2)13(19)18-12(17-7)8-3-4-10(14)11(15)5-8/h3-5,16H,6H2,1-2H3,(H,17,18,19). The number of nitrogens with one attached hydrogen (secondary N) is 2. The van der Waals surface area contributed by atoms with Crippen LogP contribution in [0.3, 0.4) is 0 Å². The molecule has 19 heavy (non-hydrogen) atoms. The molecule has 0 aliphatic carbocycles. The van der Waals surface area contributed by atoms with Crippen molar-refractivity contribution in [3.05, 3.63) is 51.4 Å². The molecule has 0 amide bonds. The van der Waals surface area contributed by atoms with Crippen LogP contribution < -0.4 is 10.9 Å². The second-order valence-electron chi connectivity index (χ2n) is 4.14. The molecule has 0 atom stereocenters. The van der Waals surface area contributed by atoms with Crippen molar-refractivity contribution in [1.29, 1.82) is 0 Å². The van der Waals surface area contributed by atoms with E-state index in [0.29, 0.717) is 23.4 Å². The van der Waals surface area contributed by atoms with E-state index in [1.54, 1.807) is 14.0 Å². The van der Waals surface area contributed by atoms with Gasteiger partial charge in [0.2, 0.25) is 0 Å². The Kier molecular flexibility index (Phi) is 3.71. The number of aryl methyl sites for hydroxylation is 1. The van der Waals surface area contributed by atoms with Gasteiger partial charge in [0.25, 0.3) is 5.56 Å². The van der Waals surface area contributed by atoms with E-state index in [1.807, 2.05) is 0 Å². The summed E-state index contributed by atoms with van der Waals surface area (Å²) in [4.78, 5) is 18.7. The highest BCUT2D eigenvalue weighted by Gasteiger charge is 2.10. The number of H-pyrrole nitrogens is 1. The molecule has 4 nitrogen and oxygen atoms in total. The molecule has 0 unspecified atom stereocenters. The summed E-state index contributed by atoms with van der Waals surface area (Å²) in [6.45, 7) is 2.09. The Morgan fingerprint density at radius 3 is 2.63 bits per heavy atom. The Balaban J connectivity index is 2.52. The van der Waals surface area contributed by atoms with Gasteiger partial charge in [-0.15, -0.1) is 0 Å². The van der Waals surface area contributed by atoms with Crippen molar-refractivity contribution in [2.45, 2.75) is 13.5 Å². The number of aromatic nitrogens is 2. The zero-order chi connectivity index (χ0) is 14.0. The quantitative estimate of drug-likeness (QED) is 0.888. The van der Waals surface area contributed by atoms with Crippen LogP contribution in [-0.4, -0.2) is 17.0 Å². The number of aromatic amines is 1. The van der Waals surface area contributed by atoms with Crippen LogP contribution in [0.4, 0.5) is 8.78 Å². The summed E-state index contributed by atoms with van der Waals surface area (Å²) in [5.74, 6) is -1.69. The van der Waals surface area contributed by atoms with Crippen LogP contribution in [0.5, 0.6) is 0 Å². The fourth-order valence-corrected chi connectivity index (χ4v) is 1.78. The molecular weight excluding hydrogens is 252 g/mol. The van der Waals surface area contributed by atoms with Gasteiger partial charge in [0, 0.05) is 17.8 Å². The lowest BCUT2D eigenvalue weighted by molar-refractivity contribution is 0.509. The maximum Gasteiger partial charge on any atom is 0.255 e. The summed E-state index contributed by atoms with van der Waals surface area (Å²) in [7, 11) is 1.72. The molecule has 100 valence electrons. The lowest BCUT2D eigenvalue weighted by atomic mass is 10.1. The predicted molar refractivity (Wildman–Crippen MR) is 67.7 cm³/mol. The molecule has 0 saturated carbocycles. The van der Waals surface area contributed by atoms with Crippen molar-refractivity contribution in [1.82, 2.24) is 15.3 Å². The molecule has 2 rings (SSSR count). The van der Waals surface area contributed by atoms with Gasteiger partial charge in [0.05, 0.1) is 5.56 Å². The third-order valence-corrected chi connectivity index (χ3v) is 2.77. The summed E-state index contributed by atoms with van der Waals surface area (Å²) < 4.78 is 26.0. The smallest absolute Gasteiger partial charge is 0.255 e. The molecule has 0 aliphatic rings. The van der Waals surface area contributed by atoms with Gasteiger partial charge in [0.15, 0.2) is 11.6 Å². The second kappa shape index (κ2) is 5.27. The minimum atomic E-state index is -0.975. The summed E-state index contributed by atoms with van der Waals surface area (Å²) in [6, 6.07) is 3.38. The van der Waals surface area contributed by atoms with E-state index in [-0.39, 0.29) is 11.4 Å². The Morgan fingerprint density at radius 1 is 1.32 bits per heavy atom. The van der Waals surface area contributed by atoms with Crippen molar-refractivity contribution in [2.75, 3.05) is 7.05 Å². The van der Waals surface area contributed by atoms with Gasteiger partial charge in [-0.1, -0.05) is 0 Å². The number of benzene rings is 1. The number of hydrogen-bond donors (Lipinski definition) is 2. The first-order chi connectivity index (χ1) is 9.02. The van der Waals surface area contributed by atoms with Gasteiger partial charge in [-0.25, -0.2) is 13.8 Å². The lowest BCUT2D eigenvalue weighted by Crippen LogP contribution is -2.22. The van der Waals surface area contributed by atoms with Gasteiger partial charge >= 0.3 is 0 Å². The first-order valence-corrected chi connectivity index (χ1v) is 5.72. The van der Waals surface area contributed by atoms with Crippen LogP contribution in [0.1, 0.15) is 11.3 Å². The first kappa shape index (κ1) is 13.4. The summed E-state index contributed by atoms with van der Waals surface area (Å²) in [5, 5.41) is 2.87. The molecule has 0 bridgehead atoms. The zero-order valence-corrected chi connectivity index (χ0v) is 10.6. The normalized spacial score (nSPS) is 10.7. The Bertz CT molecular complexity index is 667. The van der Waals surface area contributed by atoms with Crippen molar-refractivity contribution in [3.8, 4) is 11.4 Å². The van der Waals surface area contributed by atoms with Crippen LogP contribution in [0.2, 0.25) is 0 Å². The summed E-state index contributed by atoms with van der Waals surface area (Å²) in [5.41, 5.74) is 1.11. The maximum atomic E-state index is 13.2. The van der Waals surface area contributed by atoms with Gasteiger partial charge < -0.3 is 10.3 Å². The molecule has 6 heteroatoms. The summed E-state index contributed by atoms with van der Waals surface area (Å²) >= 11 is 0. The van der Waals surface area contributed by atoms with E-state index in [4.69, 9.17) is 0 Å². The van der Waals surface area contributed by atoms with Crippen LogP contribution >= 0.6 is 0 Å². The predicted octanol–water partition coefficient (Wildman–Crippen LogP) is 1.74. The lowest BCUT2D eigenvalue weighted by Gasteiger charge is -2.07. The second-order valence-corrected chi connectivity index (χ2v) is 4.14. The van der Waals surface area contributed by atoms with Crippen LogP contribution in [0.25, 0.3) is 11.4 Å². The molecule has 0 fully saturated rings. The highest BCUT2D eigenvalue weighted by atomic mass is 19.2. The average Bonchev–Trinajstić information content (AvgIpc) is 2.37.